The van der Waals surface area contributed by atoms with Gasteiger partial charge in [0.1, 0.15) is 5.70 Å². The zero-order valence-corrected chi connectivity index (χ0v) is 12.9. The van der Waals surface area contributed by atoms with Crippen LogP contribution in [0.1, 0.15) is 39.5 Å². The largest absolute Gasteiger partial charge is 0.477 e. The van der Waals surface area contributed by atoms with Gasteiger partial charge in [-0.15, -0.1) is 0 Å². The van der Waals surface area contributed by atoms with E-state index in [-0.39, 0.29) is 29.5 Å². The SMILES string of the molecule is C[C@H]1C([C@H](O)C2CCCC2)=C(C(=O)O)N2C(=O)[C@H]([C@@H](C)O)C12. The lowest BCUT2D eigenvalue weighted by Gasteiger charge is -2.46. The van der Waals surface area contributed by atoms with E-state index in [2.05, 4.69) is 0 Å². The smallest absolute Gasteiger partial charge is 0.352 e. The Morgan fingerprint density at radius 3 is 2.36 bits per heavy atom. The Morgan fingerprint density at radius 2 is 1.86 bits per heavy atom. The van der Waals surface area contributed by atoms with Crippen LogP contribution < -0.4 is 0 Å². The number of aliphatic carboxylic acids is 1. The van der Waals surface area contributed by atoms with E-state index in [9.17, 15) is 24.9 Å². The molecule has 122 valence electrons. The van der Waals surface area contributed by atoms with Crippen LogP contribution in [0.15, 0.2) is 11.3 Å². The highest BCUT2D eigenvalue weighted by atomic mass is 16.4. The van der Waals surface area contributed by atoms with Crippen LogP contribution in [0.5, 0.6) is 0 Å². The van der Waals surface area contributed by atoms with Gasteiger partial charge in [-0.25, -0.2) is 4.79 Å². The van der Waals surface area contributed by atoms with Crippen molar-refractivity contribution in [1.29, 1.82) is 0 Å². The standard InChI is InChI=1S/C16H23NO5/c1-7-10(14(19)9-5-3-4-6-9)13(16(21)22)17-12(7)11(8(2)18)15(17)20/h7-9,11-12,14,18-19H,3-6H2,1-2H3,(H,21,22)/t7-,8+,11+,12?,14+/m0/s1. The lowest BCUT2D eigenvalue weighted by Crippen LogP contribution is -2.63. The minimum absolute atomic E-state index is 0.0567. The number of carbonyl (C=O) groups is 2. The molecule has 1 saturated heterocycles. The molecule has 1 unspecified atom stereocenters. The molecule has 0 spiro atoms. The summed E-state index contributed by atoms with van der Waals surface area (Å²) in [5, 5.41) is 30.0. The first-order valence-electron chi connectivity index (χ1n) is 8.02. The Hall–Kier alpha value is -1.40. The van der Waals surface area contributed by atoms with Gasteiger partial charge in [-0.1, -0.05) is 19.8 Å². The molecule has 0 aromatic heterocycles. The van der Waals surface area contributed by atoms with Crippen LogP contribution in [0, 0.1) is 17.8 Å². The molecule has 6 heteroatoms. The predicted molar refractivity (Wildman–Crippen MR) is 77.6 cm³/mol. The molecule has 1 saturated carbocycles. The van der Waals surface area contributed by atoms with Crippen molar-refractivity contribution >= 4 is 11.9 Å². The van der Waals surface area contributed by atoms with E-state index < -0.39 is 24.1 Å². The Kier molecular flexibility index (Phi) is 3.77. The number of β-lactam (4-membered cyclic amide) rings is 1. The lowest BCUT2D eigenvalue weighted by molar-refractivity contribution is -0.163. The van der Waals surface area contributed by atoms with Crippen LogP contribution in [0.4, 0.5) is 0 Å². The number of carboxylic acids is 1. The molecule has 3 rings (SSSR count). The van der Waals surface area contributed by atoms with Crippen molar-refractivity contribution in [1.82, 2.24) is 4.90 Å². The van der Waals surface area contributed by atoms with Gasteiger partial charge in [0.15, 0.2) is 0 Å². The molecule has 1 amide bonds. The van der Waals surface area contributed by atoms with Gasteiger partial charge in [-0.2, -0.15) is 0 Å². The van der Waals surface area contributed by atoms with Gasteiger partial charge in [0.05, 0.1) is 24.2 Å². The van der Waals surface area contributed by atoms with Crippen LogP contribution >= 0.6 is 0 Å². The van der Waals surface area contributed by atoms with Gasteiger partial charge in [-0.3, -0.25) is 4.79 Å². The molecule has 1 aliphatic carbocycles. The number of rotatable bonds is 4. The minimum atomic E-state index is -1.17. The highest BCUT2D eigenvalue weighted by Gasteiger charge is 2.60. The normalized spacial score (nSPS) is 34.6. The monoisotopic (exact) mass is 309 g/mol. The molecule has 3 aliphatic rings. The van der Waals surface area contributed by atoms with Crippen LogP contribution in [0.2, 0.25) is 0 Å². The Balaban J connectivity index is 1.96. The predicted octanol–water partition coefficient (Wildman–Crippen LogP) is 0.734. The third-order valence-electron chi connectivity index (χ3n) is 5.59. The second kappa shape index (κ2) is 5.35. The van der Waals surface area contributed by atoms with E-state index in [1.807, 2.05) is 6.92 Å². The second-order valence-electron chi connectivity index (χ2n) is 6.85. The fourth-order valence-corrected chi connectivity index (χ4v) is 4.52. The fraction of sp³-hybridized carbons (Fsp3) is 0.750. The Labute approximate surface area is 129 Å². The number of hydrogen-bond donors (Lipinski definition) is 3. The van der Waals surface area contributed by atoms with Crippen LogP contribution in [0.3, 0.4) is 0 Å². The molecule has 22 heavy (non-hydrogen) atoms. The number of amides is 1. The van der Waals surface area contributed by atoms with Crippen molar-refractivity contribution in [2.45, 2.75) is 57.8 Å². The van der Waals surface area contributed by atoms with Gasteiger partial charge in [-0.05, 0) is 31.3 Å². The number of carboxylic acid groups (broad SMARTS) is 1. The molecule has 0 bridgehead atoms. The molecule has 0 aromatic rings. The summed E-state index contributed by atoms with van der Waals surface area (Å²) in [5.74, 6) is -2.25. The van der Waals surface area contributed by atoms with Crippen molar-refractivity contribution in [3.05, 3.63) is 11.3 Å². The van der Waals surface area contributed by atoms with Crippen molar-refractivity contribution in [2.75, 3.05) is 0 Å². The first kappa shape index (κ1) is 15.5. The summed E-state index contributed by atoms with van der Waals surface area (Å²) < 4.78 is 0. The molecule has 0 aromatic carbocycles. The van der Waals surface area contributed by atoms with Crippen LogP contribution in [0.25, 0.3) is 0 Å². The molecule has 2 fully saturated rings. The molecule has 3 N–H and O–H groups in total. The van der Waals surface area contributed by atoms with E-state index >= 15 is 0 Å². The second-order valence-corrected chi connectivity index (χ2v) is 6.85. The highest BCUT2D eigenvalue weighted by molar-refractivity contribution is 6.00. The maximum Gasteiger partial charge on any atom is 0.352 e. The molecule has 2 aliphatic heterocycles. The number of aliphatic hydroxyl groups is 2. The van der Waals surface area contributed by atoms with Gasteiger partial charge in [0.25, 0.3) is 0 Å². The zero-order chi connectivity index (χ0) is 16.2. The molecule has 0 radical (unpaired) electrons. The third kappa shape index (κ3) is 2.01. The van der Waals surface area contributed by atoms with Crippen molar-refractivity contribution in [3.63, 3.8) is 0 Å². The number of hydrogen-bond acceptors (Lipinski definition) is 4. The molecular weight excluding hydrogens is 286 g/mol. The van der Waals surface area contributed by atoms with Gasteiger partial charge in [0, 0.05) is 5.92 Å². The van der Waals surface area contributed by atoms with Crippen molar-refractivity contribution < 1.29 is 24.9 Å². The average molecular weight is 309 g/mol. The number of carbonyl (C=O) groups excluding carboxylic acids is 1. The first-order valence-corrected chi connectivity index (χ1v) is 8.02. The fourth-order valence-electron chi connectivity index (χ4n) is 4.52. The lowest BCUT2D eigenvalue weighted by atomic mass is 9.76. The number of fused-ring (bicyclic) bond motifs is 1. The average Bonchev–Trinajstić information content (AvgIpc) is 3.03. The summed E-state index contributed by atoms with van der Waals surface area (Å²) in [4.78, 5) is 25.2. The van der Waals surface area contributed by atoms with Crippen LogP contribution in [-0.4, -0.2) is 50.3 Å². The zero-order valence-electron chi connectivity index (χ0n) is 12.9. The van der Waals surface area contributed by atoms with Gasteiger partial charge < -0.3 is 20.2 Å². The molecule has 2 heterocycles. The summed E-state index contributed by atoms with van der Waals surface area (Å²) >= 11 is 0. The molecule has 6 nitrogen and oxygen atoms in total. The van der Waals surface area contributed by atoms with E-state index in [1.54, 1.807) is 6.92 Å². The Bertz CT molecular complexity index is 535. The molecule has 5 atom stereocenters. The maximum atomic E-state index is 12.2. The topological polar surface area (TPSA) is 98.1 Å². The van der Waals surface area contributed by atoms with E-state index in [4.69, 9.17) is 0 Å². The van der Waals surface area contributed by atoms with E-state index in [1.165, 1.54) is 4.90 Å². The summed E-state index contributed by atoms with van der Waals surface area (Å²) in [7, 11) is 0. The summed E-state index contributed by atoms with van der Waals surface area (Å²) in [6.07, 6.45) is 2.26. The molecular formula is C16H23NO5. The van der Waals surface area contributed by atoms with Crippen molar-refractivity contribution in [2.24, 2.45) is 17.8 Å². The summed E-state index contributed by atoms with van der Waals surface area (Å²) in [6.45, 7) is 3.40. The minimum Gasteiger partial charge on any atom is -0.477 e. The highest BCUT2D eigenvalue weighted by Crippen LogP contribution is 2.49. The van der Waals surface area contributed by atoms with Gasteiger partial charge in [0.2, 0.25) is 5.91 Å². The maximum absolute atomic E-state index is 12.2. The summed E-state index contributed by atoms with van der Waals surface area (Å²) in [5.41, 5.74) is 0.416. The first-order chi connectivity index (χ1) is 10.4. The van der Waals surface area contributed by atoms with Gasteiger partial charge >= 0.3 is 5.97 Å². The van der Waals surface area contributed by atoms with Crippen molar-refractivity contribution in [3.8, 4) is 0 Å². The Morgan fingerprint density at radius 1 is 1.27 bits per heavy atom. The van der Waals surface area contributed by atoms with E-state index in [0.29, 0.717) is 5.57 Å². The number of nitrogens with zero attached hydrogens (tertiary/aromatic N) is 1. The third-order valence-corrected chi connectivity index (χ3v) is 5.59. The number of aliphatic hydroxyl groups excluding tert-OH is 2. The van der Waals surface area contributed by atoms with E-state index in [0.717, 1.165) is 25.7 Å². The quantitative estimate of drug-likeness (QED) is 0.665. The summed E-state index contributed by atoms with van der Waals surface area (Å²) in [6, 6.07) is -0.343. The van der Waals surface area contributed by atoms with Crippen LogP contribution in [-0.2, 0) is 9.59 Å².